The van der Waals surface area contributed by atoms with Gasteiger partial charge < -0.3 is 10.2 Å². The molecule has 1 N–H and O–H groups in total. The first-order valence-corrected chi connectivity index (χ1v) is 8.10. The van der Waals surface area contributed by atoms with Crippen LogP contribution in [0.15, 0.2) is 0 Å². The van der Waals surface area contributed by atoms with E-state index in [-0.39, 0.29) is 0 Å². The number of aryl methyl sites for hydroxylation is 2. The molecule has 1 aromatic rings. The minimum atomic E-state index is 0.576. The largest absolute Gasteiger partial charge is 0.308 e. The normalized spacial score (nSPS) is 24.2. The fourth-order valence-corrected chi connectivity index (χ4v) is 3.41. The number of hydrogen-bond donors (Lipinski definition) is 1. The van der Waals surface area contributed by atoms with Gasteiger partial charge in [-0.1, -0.05) is 25.4 Å². The monoisotopic (exact) mass is 298 g/mol. The lowest BCUT2D eigenvalue weighted by atomic mass is 9.94. The van der Waals surface area contributed by atoms with Crippen molar-refractivity contribution in [1.29, 1.82) is 0 Å². The molecular formula is C15H27ClN4. The van der Waals surface area contributed by atoms with Gasteiger partial charge in [-0.05, 0) is 39.3 Å². The molecule has 2 rings (SSSR count). The molecule has 1 saturated heterocycles. The van der Waals surface area contributed by atoms with Crippen LogP contribution in [0.5, 0.6) is 0 Å². The average Bonchev–Trinajstić information content (AvgIpc) is 2.74. The van der Waals surface area contributed by atoms with Crippen molar-refractivity contribution in [3.63, 3.8) is 0 Å². The van der Waals surface area contributed by atoms with Gasteiger partial charge in [0, 0.05) is 25.7 Å². The van der Waals surface area contributed by atoms with Crippen LogP contribution in [0.4, 0.5) is 0 Å². The molecule has 5 heteroatoms. The van der Waals surface area contributed by atoms with Crippen molar-refractivity contribution in [2.45, 2.75) is 52.7 Å². The van der Waals surface area contributed by atoms with E-state index < -0.39 is 0 Å². The van der Waals surface area contributed by atoms with Crippen LogP contribution >= 0.6 is 11.6 Å². The molecule has 0 saturated carbocycles. The van der Waals surface area contributed by atoms with Crippen molar-refractivity contribution in [2.24, 2.45) is 5.92 Å². The summed E-state index contributed by atoms with van der Waals surface area (Å²) in [7, 11) is 2.20. The second kappa shape index (κ2) is 6.92. The van der Waals surface area contributed by atoms with Gasteiger partial charge in [0.1, 0.15) is 0 Å². The van der Waals surface area contributed by atoms with Gasteiger partial charge >= 0.3 is 0 Å². The first-order chi connectivity index (χ1) is 9.56. The summed E-state index contributed by atoms with van der Waals surface area (Å²) in [6.45, 7) is 10.6. The van der Waals surface area contributed by atoms with Crippen molar-refractivity contribution < 1.29 is 0 Å². The average molecular weight is 299 g/mol. The molecule has 114 valence electrons. The van der Waals surface area contributed by atoms with E-state index in [0.717, 1.165) is 35.9 Å². The lowest BCUT2D eigenvalue weighted by Crippen LogP contribution is -2.46. The van der Waals surface area contributed by atoms with Crippen LogP contribution in [0.1, 0.15) is 38.6 Å². The second-order valence-electron chi connectivity index (χ2n) is 5.89. The van der Waals surface area contributed by atoms with Crippen LogP contribution in [0.25, 0.3) is 0 Å². The van der Waals surface area contributed by atoms with Crippen molar-refractivity contribution in [2.75, 3.05) is 20.1 Å². The summed E-state index contributed by atoms with van der Waals surface area (Å²) in [5.74, 6) is 0.677. The number of rotatable bonds is 5. The Bertz CT molecular complexity index is 443. The minimum absolute atomic E-state index is 0.576. The maximum absolute atomic E-state index is 6.45. The SMILES string of the molecule is CCc1nn(CC)c(CNC2CCN(C)CC2C)c1Cl. The summed E-state index contributed by atoms with van der Waals surface area (Å²) in [6, 6.07) is 0.576. The lowest BCUT2D eigenvalue weighted by Gasteiger charge is -2.35. The molecule has 0 amide bonds. The molecule has 2 atom stereocenters. The van der Waals surface area contributed by atoms with E-state index in [4.69, 9.17) is 11.6 Å². The summed E-state index contributed by atoms with van der Waals surface area (Å²) in [5.41, 5.74) is 2.15. The van der Waals surface area contributed by atoms with Crippen LogP contribution in [0, 0.1) is 5.92 Å². The molecule has 4 nitrogen and oxygen atoms in total. The van der Waals surface area contributed by atoms with Crippen LogP contribution in [0.3, 0.4) is 0 Å². The molecule has 0 aromatic carbocycles. The van der Waals surface area contributed by atoms with Crippen molar-refractivity contribution in [3.8, 4) is 0 Å². The zero-order chi connectivity index (χ0) is 14.7. The number of nitrogens with one attached hydrogen (secondary N) is 1. The zero-order valence-corrected chi connectivity index (χ0v) is 13.9. The molecule has 1 aromatic heterocycles. The Morgan fingerprint density at radius 1 is 1.40 bits per heavy atom. The van der Waals surface area contributed by atoms with E-state index >= 15 is 0 Å². The second-order valence-corrected chi connectivity index (χ2v) is 6.27. The van der Waals surface area contributed by atoms with Gasteiger partial charge in [0.25, 0.3) is 0 Å². The van der Waals surface area contributed by atoms with Crippen molar-refractivity contribution in [1.82, 2.24) is 20.0 Å². The molecule has 0 spiro atoms. The third kappa shape index (κ3) is 3.35. The van der Waals surface area contributed by atoms with Gasteiger partial charge in [0.15, 0.2) is 0 Å². The standard InChI is InChI=1S/C15H27ClN4/c1-5-12-15(16)14(20(6-2)18-12)9-17-13-7-8-19(4)10-11(13)3/h11,13,17H,5-10H2,1-4H3. The summed E-state index contributed by atoms with van der Waals surface area (Å²) >= 11 is 6.45. The first-order valence-electron chi connectivity index (χ1n) is 7.72. The predicted octanol–water partition coefficient (Wildman–Crippen LogP) is 2.55. The minimum Gasteiger partial charge on any atom is -0.308 e. The summed E-state index contributed by atoms with van der Waals surface area (Å²) in [6.07, 6.45) is 2.10. The van der Waals surface area contributed by atoms with Gasteiger partial charge in [-0.25, -0.2) is 0 Å². The van der Waals surface area contributed by atoms with Gasteiger partial charge in [0.05, 0.1) is 16.4 Å². The van der Waals surface area contributed by atoms with Gasteiger partial charge in [0.2, 0.25) is 0 Å². The van der Waals surface area contributed by atoms with E-state index in [1.807, 2.05) is 4.68 Å². The molecule has 0 radical (unpaired) electrons. The zero-order valence-electron chi connectivity index (χ0n) is 13.1. The van der Waals surface area contributed by atoms with E-state index in [2.05, 4.69) is 43.1 Å². The number of hydrogen-bond acceptors (Lipinski definition) is 3. The summed E-state index contributed by atoms with van der Waals surface area (Å²) in [4.78, 5) is 2.40. The Balaban J connectivity index is 2.02. The van der Waals surface area contributed by atoms with E-state index in [0.29, 0.717) is 12.0 Å². The molecule has 2 heterocycles. The smallest absolute Gasteiger partial charge is 0.0863 e. The maximum atomic E-state index is 6.45. The number of halogens is 1. The van der Waals surface area contributed by atoms with Crippen LogP contribution in [-0.2, 0) is 19.5 Å². The molecule has 0 aliphatic carbocycles. The molecular weight excluding hydrogens is 272 g/mol. The molecule has 0 bridgehead atoms. The van der Waals surface area contributed by atoms with Crippen molar-refractivity contribution >= 4 is 11.6 Å². The Kier molecular flexibility index (Phi) is 5.47. The maximum Gasteiger partial charge on any atom is 0.0863 e. The van der Waals surface area contributed by atoms with Gasteiger partial charge in [-0.15, -0.1) is 0 Å². The van der Waals surface area contributed by atoms with Crippen LogP contribution in [-0.4, -0.2) is 40.9 Å². The molecule has 1 aliphatic rings. The Morgan fingerprint density at radius 2 is 2.15 bits per heavy atom. The number of likely N-dealkylation sites (tertiary alicyclic amines) is 1. The topological polar surface area (TPSA) is 33.1 Å². The highest BCUT2D eigenvalue weighted by Gasteiger charge is 2.24. The number of piperidine rings is 1. The Hall–Kier alpha value is -0.580. The fraction of sp³-hybridized carbons (Fsp3) is 0.800. The highest BCUT2D eigenvalue weighted by molar-refractivity contribution is 6.31. The third-order valence-corrected chi connectivity index (χ3v) is 4.77. The van der Waals surface area contributed by atoms with Crippen molar-refractivity contribution in [3.05, 3.63) is 16.4 Å². The van der Waals surface area contributed by atoms with E-state index in [1.165, 1.54) is 19.5 Å². The Morgan fingerprint density at radius 3 is 2.75 bits per heavy atom. The third-order valence-electron chi connectivity index (χ3n) is 4.33. The highest BCUT2D eigenvalue weighted by Crippen LogP contribution is 2.23. The predicted molar refractivity (Wildman–Crippen MR) is 84.2 cm³/mol. The van der Waals surface area contributed by atoms with E-state index in [1.54, 1.807) is 0 Å². The van der Waals surface area contributed by atoms with Crippen LogP contribution < -0.4 is 5.32 Å². The van der Waals surface area contributed by atoms with Crippen LogP contribution in [0.2, 0.25) is 5.02 Å². The van der Waals surface area contributed by atoms with Gasteiger partial charge in [-0.2, -0.15) is 5.10 Å². The lowest BCUT2D eigenvalue weighted by molar-refractivity contribution is 0.173. The van der Waals surface area contributed by atoms with Gasteiger partial charge in [-0.3, -0.25) is 4.68 Å². The molecule has 2 unspecified atom stereocenters. The first kappa shape index (κ1) is 15.8. The molecule has 1 aliphatic heterocycles. The fourth-order valence-electron chi connectivity index (χ4n) is 3.07. The molecule has 20 heavy (non-hydrogen) atoms. The quantitative estimate of drug-likeness (QED) is 0.907. The number of nitrogens with zero attached hydrogens (tertiary/aromatic N) is 3. The molecule has 1 fully saturated rings. The summed E-state index contributed by atoms with van der Waals surface area (Å²) < 4.78 is 2.04. The Labute approximate surface area is 127 Å². The highest BCUT2D eigenvalue weighted by atomic mass is 35.5. The summed E-state index contributed by atoms with van der Waals surface area (Å²) in [5, 5.41) is 9.12. The number of aromatic nitrogens is 2. The van der Waals surface area contributed by atoms with E-state index in [9.17, 15) is 0 Å².